The van der Waals surface area contributed by atoms with Crippen LogP contribution in [0.2, 0.25) is 0 Å². The molecular weight excluding hydrogens is 437 g/mol. The van der Waals surface area contributed by atoms with Gasteiger partial charge in [0.25, 0.3) is 0 Å². The third kappa shape index (κ3) is 8.07. The SMILES string of the molecule is CCCCCCCC(=O)Nc1ccc(NCc2ccc(C(F)(F)F)cc2)cc1C1CCCCC1. The molecule has 34 heavy (non-hydrogen) atoms. The highest BCUT2D eigenvalue weighted by molar-refractivity contribution is 5.92. The van der Waals surface area contributed by atoms with E-state index in [0.29, 0.717) is 18.9 Å². The molecule has 0 bridgehead atoms. The van der Waals surface area contributed by atoms with Crippen LogP contribution in [-0.2, 0) is 17.5 Å². The van der Waals surface area contributed by atoms with E-state index in [2.05, 4.69) is 23.6 Å². The van der Waals surface area contributed by atoms with E-state index < -0.39 is 11.7 Å². The normalized spacial score (nSPS) is 14.7. The summed E-state index contributed by atoms with van der Waals surface area (Å²) in [5.74, 6) is 0.487. The molecule has 2 aromatic carbocycles. The Hall–Kier alpha value is -2.50. The molecule has 0 aromatic heterocycles. The molecule has 0 heterocycles. The van der Waals surface area contributed by atoms with E-state index >= 15 is 0 Å². The van der Waals surface area contributed by atoms with E-state index in [0.717, 1.165) is 60.3 Å². The van der Waals surface area contributed by atoms with Crippen LogP contribution in [0, 0.1) is 0 Å². The summed E-state index contributed by atoms with van der Waals surface area (Å²) in [6.07, 6.45) is 7.67. The summed E-state index contributed by atoms with van der Waals surface area (Å²) in [6.45, 7) is 2.62. The van der Waals surface area contributed by atoms with Crippen LogP contribution < -0.4 is 10.6 Å². The number of anilines is 2. The number of nitrogens with one attached hydrogen (secondary N) is 2. The zero-order chi connectivity index (χ0) is 24.4. The maximum atomic E-state index is 12.8. The van der Waals surface area contributed by atoms with Crippen molar-refractivity contribution in [1.29, 1.82) is 0 Å². The number of halogens is 3. The maximum Gasteiger partial charge on any atom is 0.416 e. The summed E-state index contributed by atoms with van der Waals surface area (Å²) in [5, 5.41) is 6.49. The number of hydrogen-bond donors (Lipinski definition) is 2. The van der Waals surface area contributed by atoms with Crippen LogP contribution in [-0.4, -0.2) is 5.91 Å². The van der Waals surface area contributed by atoms with Crippen molar-refractivity contribution in [2.24, 2.45) is 0 Å². The van der Waals surface area contributed by atoms with E-state index in [1.807, 2.05) is 12.1 Å². The van der Waals surface area contributed by atoms with Crippen molar-refractivity contribution in [1.82, 2.24) is 0 Å². The quantitative estimate of drug-likeness (QED) is 0.320. The minimum Gasteiger partial charge on any atom is -0.381 e. The van der Waals surface area contributed by atoms with Crippen molar-refractivity contribution < 1.29 is 18.0 Å². The molecule has 0 spiro atoms. The Bertz CT molecular complexity index is 903. The lowest BCUT2D eigenvalue weighted by molar-refractivity contribution is -0.137. The van der Waals surface area contributed by atoms with Gasteiger partial charge in [-0.2, -0.15) is 13.2 Å². The van der Waals surface area contributed by atoms with Gasteiger partial charge in [0.2, 0.25) is 5.91 Å². The number of carbonyl (C=O) groups is 1. The lowest BCUT2D eigenvalue weighted by Crippen LogP contribution is -2.15. The van der Waals surface area contributed by atoms with Crippen LogP contribution >= 0.6 is 0 Å². The van der Waals surface area contributed by atoms with Crippen LogP contribution in [0.4, 0.5) is 24.5 Å². The molecule has 0 unspecified atom stereocenters. The Labute approximate surface area is 201 Å². The number of amides is 1. The molecule has 3 rings (SSSR count). The molecule has 0 saturated heterocycles. The van der Waals surface area contributed by atoms with E-state index in [-0.39, 0.29) is 5.91 Å². The third-order valence-electron chi connectivity index (χ3n) is 6.66. The second kappa shape index (κ2) is 12.8. The van der Waals surface area contributed by atoms with Crippen molar-refractivity contribution in [3.8, 4) is 0 Å². The summed E-state index contributed by atoms with van der Waals surface area (Å²) < 4.78 is 38.4. The highest BCUT2D eigenvalue weighted by Gasteiger charge is 2.29. The Morgan fingerprint density at radius 1 is 0.941 bits per heavy atom. The third-order valence-corrected chi connectivity index (χ3v) is 6.66. The largest absolute Gasteiger partial charge is 0.416 e. The summed E-state index contributed by atoms with van der Waals surface area (Å²) in [4.78, 5) is 12.6. The predicted octanol–water partition coefficient (Wildman–Crippen LogP) is 8.66. The lowest BCUT2D eigenvalue weighted by Gasteiger charge is -2.25. The standard InChI is InChI=1S/C28H37F3N2O/c1-2-3-4-5-9-12-27(34)33-26-18-17-24(19-25(26)22-10-7-6-8-11-22)32-20-21-13-15-23(16-14-21)28(29,30)31/h13-19,22,32H,2-12,20H2,1H3,(H,33,34). The lowest BCUT2D eigenvalue weighted by atomic mass is 9.83. The molecule has 6 heteroatoms. The summed E-state index contributed by atoms with van der Waals surface area (Å²) in [7, 11) is 0. The first-order valence-corrected chi connectivity index (χ1v) is 12.7. The van der Waals surface area contributed by atoms with E-state index in [1.54, 1.807) is 0 Å². The summed E-state index contributed by atoms with van der Waals surface area (Å²) in [6, 6.07) is 11.3. The average Bonchev–Trinajstić information content (AvgIpc) is 2.83. The second-order valence-corrected chi connectivity index (χ2v) is 9.40. The Balaban J connectivity index is 1.65. The second-order valence-electron chi connectivity index (χ2n) is 9.40. The smallest absolute Gasteiger partial charge is 0.381 e. The highest BCUT2D eigenvalue weighted by Crippen LogP contribution is 2.38. The number of carbonyl (C=O) groups excluding carboxylic acids is 1. The van der Waals surface area contributed by atoms with Gasteiger partial charge in [-0.15, -0.1) is 0 Å². The Morgan fingerprint density at radius 2 is 1.65 bits per heavy atom. The number of hydrogen-bond acceptors (Lipinski definition) is 2. The fourth-order valence-corrected chi connectivity index (χ4v) is 4.66. The molecule has 1 amide bonds. The van der Waals surface area contributed by atoms with Gasteiger partial charge in [-0.05, 0) is 66.6 Å². The van der Waals surface area contributed by atoms with Crippen molar-refractivity contribution >= 4 is 17.3 Å². The molecule has 1 fully saturated rings. The van der Waals surface area contributed by atoms with Gasteiger partial charge < -0.3 is 10.6 Å². The molecule has 0 atom stereocenters. The zero-order valence-corrected chi connectivity index (χ0v) is 20.1. The molecule has 186 valence electrons. The van der Waals surface area contributed by atoms with Crippen LogP contribution in [0.1, 0.15) is 100 Å². The van der Waals surface area contributed by atoms with Crippen LogP contribution in [0.25, 0.3) is 0 Å². The van der Waals surface area contributed by atoms with E-state index in [4.69, 9.17) is 0 Å². The van der Waals surface area contributed by atoms with Gasteiger partial charge in [0.15, 0.2) is 0 Å². The van der Waals surface area contributed by atoms with Crippen molar-refractivity contribution in [2.45, 2.75) is 96.2 Å². The molecule has 2 aromatic rings. The van der Waals surface area contributed by atoms with Gasteiger partial charge >= 0.3 is 6.18 Å². The fraction of sp³-hybridized carbons (Fsp3) is 0.536. The predicted molar refractivity (Wildman–Crippen MR) is 133 cm³/mol. The van der Waals surface area contributed by atoms with Crippen LogP contribution in [0.5, 0.6) is 0 Å². The van der Waals surface area contributed by atoms with Crippen LogP contribution in [0.3, 0.4) is 0 Å². The number of alkyl halides is 3. The van der Waals surface area contributed by atoms with E-state index in [1.165, 1.54) is 50.7 Å². The Kier molecular flexibility index (Phi) is 9.85. The van der Waals surface area contributed by atoms with Gasteiger partial charge in [-0.1, -0.05) is 64.0 Å². The van der Waals surface area contributed by atoms with Crippen molar-refractivity contribution in [2.75, 3.05) is 10.6 Å². The van der Waals surface area contributed by atoms with E-state index in [9.17, 15) is 18.0 Å². The molecule has 3 nitrogen and oxygen atoms in total. The number of unbranched alkanes of at least 4 members (excludes halogenated alkanes) is 4. The van der Waals surface area contributed by atoms with Gasteiger partial charge in [-0.25, -0.2) is 0 Å². The molecular formula is C28H37F3N2O. The number of rotatable bonds is 11. The minimum absolute atomic E-state index is 0.0685. The summed E-state index contributed by atoms with van der Waals surface area (Å²) in [5.41, 5.74) is 3.12. The monoisotopic (exact) mass is 474 g/mol. The zero-order valence-electron chi connectivity index (χ0n) is 20.1. The molecule has 2 N–H and O–H groups in total. The highest BCUT2D eigenvalue weighted by atomic mass is 19.4. The minimum atomic E-state index is -4.32. The van der Waals surface area contributed by atoms with Gasteiger partial charge in [0.05, 0.1) is 5.56 Å². The topological polar surface area (TPSA) is 41.1 Å². The first-order chi connectivity index (χ1) is 16.4. The van der Waals surface area contributed by atoms with Crippen molar-refractivity contribution in [3.63, 3.8) is 0 Å². The Morgan fingerprint density at radius 3 is 2.32 bits per heavy atom. The summed E-state index contributed by atoms with van der Waals surface area (Å²) >= 11 is 0. The molecule has 1 saturated carbocycles. The molecule has 1 aliphatic rings. The van der Waals surface area contributed by atoms with Gasteiger partial charge in [0, 0.05) is 24.3 Å². The number of benzene rings is 2. The van der Waals surface area contributed by atoms with Crippen LogP contribution in [0.15, 0.2) is 42.5 Å². The molecule has 1 aliphatic carbocycles. The van der Waals surface area contributed by atoms with Crippen molar-refractivity contribution in [3.05, 3.63) is 59.2 Å². The first kappa shape index (κ1) is 26.1. The molecule has 0 aliphatic heterocycles. The fourth-order valence-electron chi connectivity index (χ4n) is 4.66. The average molecular weight is 475 g/mol. The van der Waals surface area contributed by atoms with Gasteiger partial charge in [0.1, 0.15) is 0 Å². The molecule has 0 radical (unpaired) electrons. The maximum absolute atomic E-state index is 12.8. The first-order valence-electron chi connectivity index (χ1n) is 12.7. The van der Waals surface area contributed by atoms with Gasteiger partial charge in [-0.3, -0.25) is 4.79 Å².